The van der Waals surface area contributed by atoms with Crippen molar-refractivity contribution in [3.05, 3.63) is 131 Å². The second-order valence-electron chi connectivity index (χ2n) is 25.2. The number of nitrogens with zero attached hydrogens (tertiary/aromatic N) is 1. The molecule has 5 aliphatic rings. The van der Waals surface area contributed by atoms with E-state index in [0.717, 1.165) is 10.5 Å². The maximum atomic E-state index is 15.0. The van der Waals surface area contributed by atoms with Crippen LogP contribution in [-0.4, -0.2) is 299 Å². The molecule has 0 aliphatic carbocycles. The number of carbonyl (C=O) groups is 4. The van der Waals surface area contributed by atoms with E-state index in [1.807, 2.05) is 30.3 Å². The van der Waals surface area contributed by atoms with Crippen molar-refractivity contribution in [2.24, 2.45) is 5.73 Å². The average Bonchev–Trinajstić information content (AvgIpc) is 1.44. The van der Waals surface area contributed by atoms with Crippen LogP contribution in [0.2, 0.25) is 0 Å². The fourth-order valence-corrected chi connectivity index (χ4v) is 12.3. The minimum absolute atomic E-state index is 0.0447. The van der Waals surface area contributed by atoms with E-state index in [1.54, 1.807) is 61.5 Å². The number of aliphatic hydroxyl groups is 13. The Kier molecular flexibility index (Phi) is 27.4. The number of carbonyl (C=O) groups excluding carboxylic acids is 5. The fourth-order valence-electron chi connectivity index (χ4n) is 12.3. The second kappa shape index (κ2) is 35.8. The van der Waals surface area contributed by atoms with E-state index in [0.29, 0.717) is 23.5 Å². The summed E-state index contributed by atoms with van der Waals surface area (Å²) in [6.45, 7) is -2.44. The number of hydrogen-bond acceptors (Lipinski definition) is 28. The minimum Gasteiger partial charge on any atom is -0.489 e. The van der Waals surface area contributed by atoms with Gasteiger partial charge in [0.2, 0.25) is 36.2 Å². The molecule has 25 atom stereocenters. The molecule has 4 aromatic rings. The summed E-state index contributed by atoms with van der Waals surface area (Å²) in [5.41, 5.74) is 9.01. The van der Waals surface area contributed by atoms with Gasteiger partial charge in [-0.05, 0) is 46.5 Å². The summed E-state index contributed by atoms with van der Waals surface area (Å²) in [5.74, 6) is -5.97. The summed E-state index contributed by atoms with van der Waals surface area (Å²) in [7, 11) is 0. The summed E-state index contributed by atoms with van der Waals surface area (Å²) in [5, 5.41) is 177. The number of benzene rings is 4. The lowest BCUT2D eigenvalue weighted by atomic mass is 9.93. The van der Waals surface area contributed by atoms with E-state index in [-0.39, 0.29) is 30.4 Å². The van der Waals surface area contributed by atoms with Crippen LogP contribution in [0.4, 0.5) is 0 Å². The van der Waals surface area contributed by atoms with Crippen LogP contribution in [0.25, 0.3) is 0 Å². The number of nitrogens with one attached hydrogen (secondary N) is 9. The van der Waals surface area contributed by atoms with Crippen molar-refractivity contribution in [1.29, 1.82) is 10.8 Å². The Morgan fingerprint density at radius 3 is 1.82 bits per heavy atom. The van der Waals surface area contributed by atoms with E-state index >= 15 is 4.79 Å². The van der Waals surface area contributed by atoms with E-state index in [1.165, 1.54) is 30.6 Å². The molecule has 24 N–H and O–H groups in total. The van der Waals surface area contributed by atoms with Gasteiger partial charge in [0.1, 0.15) is 128 Å². The molecule has 9 rings (SSSR count). The first-order chi connectivity index (χ1) is 48.9. The van der Waals surface area contributed by atoms with Crippen molar-refractivity contribution >= 4 is 41.8 Å². The molecule has 36 nitrogen and oxygen atoms in total. The van der Waals surface area contributed by atoms with Crippen LogP contribution in [0.1, 0.15) is 35.1 Å². The van der Waals surface area contributed by atoms with Crippen molar-refractivity contribution in [2.75, 3.05) is 39.5 Å². The number of guanidine groups is 2. The van der Waals surface area contributed by atoms with E-state index < -0.39 is 221 Å². The molecule has 102 heavy (non-hydrogen) atoms. The molecule has 5 aliphatic heterocycles. The van der Waals surface area contributed by atoms with Crippen molar-refractivity contribution in [3.63, 3.8) is 0 Å². The molecular formula is C66H88N11O25. The summed E-state index contributed by atoms with van der Waals surface area (Å²) in [4.78, 5) is 71.0. The average molecular weight is 1440 g/mol. The van der Waals surface area contributed by atoms with Crippen molar-refractivity contribution in [3.8, 4) is 11.5 Å². The fraction of sp³-hybridized carbons (Fsp3) is 0.530. The Hall–Kier alpha value is -8.19. The van der Waals surface area contributed by atoms with Crippen molar-refractivity contribution < 1.29 is 124 Å². The molecule has 4 amide bonds. The predicted octanol–water partition coefficient (Wildman–Crippen LogP) is -8.57. The van der Waals surface area contributed by atoms with Crippen molar-refractivity contribution in [1.82, 2.24) is 42.1 Å². The van der Waals surface area contributed by atoms with Crippen LogP contribution in [0.15, 0.2) is 109 Å². The lowest BCUT2D eigenvalue weighted by Crippen LogP contribution is -2.69. The molecule has 0 bridgehead atoms. The van der Waals surface area contributed by atoms with Gasteiger partial charge in [-0.1, -0.05) is 91.9 Å². The SMILES string of the molecule is CC(c1ccccc1)C(N)C(=O)NC(Cc1ccc(OC2OC(CO)C(OC3OC(CO)C(O)C(OCc4ccc(OCc5ccccc5)cc4)C3O)C(O)C2O)cc1)C(=O)NC(C(=O)NC(C(=O)NC([C]=O)CO)C(O)C1CNC(=N)N1C1OC(CO)C(O)C(O)C1O)C(O)C1CNC(=N)N1. The minimum atomic E-state index is -2.30. The Bertz CT molecular complexity index is 3420. The summed E-state index contributed by atoms with van der Waals surface area (Å²) >= 11 is 0. The Morgan fingerprint density at radius 1 is 0.608 bits per heavy atom. The molecule has 4 aromatic carbocycles. The summed E-state index contributed by atoms with van der Waals surface area (Å²) < 4.78 is 41.0. The van der Waals surface area contributed by atoms with Gasteiger partial charge in [0, 0.05) is 25.4 Å². The molecule has 0 aromatic heterocycles. The Morgan fingerprint density at radius 2 is 1.20 bits per heavy atom. The van der Waals surface area contributed by atoms with Crippen LogP contribution < -0.4 is 52.4 Å². The van der Waals surface area contributed by atoms with Gasteiger partial charge >= 0.3 is 0 Å². The number of nitrogens with two attached hydrogens (primary N) is 1. The molecule has 0 saturated carbocycles. The maximum absolute atomic E-state index is 15.0. The number of aliphatic hydroxyl groups excluding tert-OH is 13. The summed E-state index contributed by atoms with van der Waals surface area (Å²) in [6.07, 6.45) is -29.3. The topological polar surface area (TPSA) is 574 Å². The van der Waals surface area contributed by atoms with Crippen LogP contribution in [0, 0.1) is 10.8 Å². The van der Waals surface area contributed by atoms with E-state index in [9.17, 15) is 85.6 Å². The third-order valence-corrected chi connectivity index (χ3v) is 18.3. The highest BCUT2D eigenvalue weighted by Crippen LogP contribution is 2.33. The van der Waals surface area contributed by atoms with Gasteiger partial charge in [-0.3, -0.25) is 34.8 Å². The maximum Gasteiger partial charge on any atom is 0.246 e. The molecule has 25 unspecified atom stereocenters. The molecule has 5 fully saturated rings. The number of hydrogen-bond donors (Lipinski definition) is 23. The first-order valence-electron chi connectivity index (χ1n) is 32.8. The van der Waals surface area contributed by atoms with Gasteiger partial charge in [-0.2, -0.15) is 0 Å². The molecule has 0 spiro atoms. The first kappa shape index (κ1) is 78.0. The molecule has 5 saturated heterocycles. The van der Waals surface area contributed by atoms with Gasteiger partial charge in [-0.25, -0.2) is 0 Å². The highest BCUT2D eigenvalue weighted by atomic mass is 16.7. The van der Waals surface area contributed by atoms with Gasteiger partial charge < -0.3 is 147 Å². The molecule has 5 heterocycles. The summed E-state index contributed by atoms with van der Waals surface area (Å²) in [6, 6.07) is 18.3. The first-order valence-corrected chi connectivity index (χ1v) is 32.8. The monoisotopic (exact) mass is 1430 g/mol. The third kappa shape index (κ3) is 18.6. The molecule has 557 valence electrons. The van der Waals surface area contributed by atoms with Crippen LogP contribution >= 0.6 is 0 Å². The van der Waals surface area contributed by atoms with E-state index in [4.69, 9.17) is 49.7 Å². The van der Waals surface area contributed by atoms with Crippen LogP contribution in [0.5, 0.6) is 11.5 Å². The smallest absolute Gasteiger partial charge is 0.246 e. The number of rotatable bonds is 32. The van der Waals surface area contributed by atoms with Crippen molar-refractivity contribution in [2.45, 2.75) is 179 Å². The van der Waals surface area contributed by atoms with E-state index in [2.05, 4.69) is 37.2 Å². The number of ether oxygens (including phenoxy) is 7. The van der Waals surface area contributed by atoms with Gasteiger partial charge in [0.25, 0.3) is 0 Å². The highest BCUT2D eigenvalue weighted by Gasteiger charge is 2.55. The second-order valence-corrected chi connectivity index (χ2v) is 25.2. The quantitative estimate of drug-likeness (QED) is 0.0216. The van der Waals surface area contributed by atoms with Crippen LogP contribution in [0.3, 0.4) is 0 Å². The van der Waals surface area contributed by atoms with Gasteiger partial charge in [-0.15, -0.1) is 0 Å². The predicted molar refractivity (Wildman–Crippen MR) is 350 cm³/mol. The van der Waals surface area contributed by atoms with Gasteiger partial charge in [0.05, 0.1) is 51.2 Å². The van der Waals surface area contributed by atoms with Gasteiger partial charge in [0.15, 0.2) is 24.4 Å². The Labute approximate surface area is 583 Å². The lowest BCUT2D eigenvalue weighted by Gasteiger charge is -2.46. The third-order valence-electron chi connectivity index (χ3n) is 18.3. The standard InChI is InChI=1S/C66H88N11O25/c1-30(34-10-6-3-7-11-34)44(67)59(93)73-38(58(92)75-45(47(83)39-21-70-65(68)74-39)61(95)76-46(60(94)72-35(23-78)24-79)48(84)40-22-71-66(69)77(40)62-53(89)51(87)49(85)41(25-80)99-62)20-31-12-18-37(19-13-31)98-63-54(90)52(88)56(43(27-82)101-63)102-64-55(91)57(50(86)42(26-81)100-64)97-29-33-14-16-36(17-15-33)96-28-32-8-4-2-5-9-32/h2-19,30,35,38-57,62-64,78,80-91H,20-23,25-29,67H2,1H3,(H2,69,71)(H,72,94)(H,73,93)(H,75,92)(H,76,95)(H3,68,70,74). The largest absolute Gasteiger partial charge is 0.489 e. The zero-order valence-electron chi connectivity index (χ0n) is 54.9. The van der Waals surface area contributed by atoms with Crippen LogP contribution in [-0.2, 0) is 67.3 Å². The zero-order chi connectivity index (χ0) is 73.6. The lowest BCUT2D eigenvalue weighted by molar-refractivity contribution is -0.355. The molecular weight excluding hydrogens is 1350 g/mol. The highest BCUT2D eigenvalue weighted by molar-refractivity contribution is 5.96. The molecule has 1 radical (unpaired) electrons. The number of amides is 4. The molecule has 36 heteroatoms. The Balaban J connectivity index is 0.912. The normalized spacial score (nSPS) is 30.3. The zero-order valence-corrected chi connectivity index (χ0v) is 54.9.